The molecule has 0 spiro atoms. The Morgan fingerprint density at radius 1 is 1.12 bits per heavy atom. The van der Waals surface area contributed by atoms with Gasteiger partial charge in [0.05, 0.1) is 0 Å². The van der Waals surface area contributed by atoms with Gasteiger partial charge in [0.15, 0.2) is 0 Å². The monoisotopic (exact) mass is 336 g/mol. The van der Waals surface area contributed by atoms with E-state index in [-0.39, 0.29) is 17.7 Å². The molecular formula is C19H20N4O2. The van der Waals surface area contributed by atoms with Gasteiger partial charge in [0.2, 0.25) is 5.91 Å². The normalized spacial score (nSPS) is 10.8. The molecule has 0 radical (unpaired) electrons. The largest absolute Gasteiger partial charge is 0.347 e. The van der Waals surface area contributed by atoms with Crippen LogP contribution in [0.15, 0.2) is 54.9 Å². The summed E-state index contributed by atoms with van der Waals surface area (Å²) in [7, 11) is 0. The van der Waals surface area contributed by atoms with E-state index in [0.29, 0.717) is 12.2 Å². The van der Waals surface area contributed by atoms with E-state index < -0.39 is 0 Å². The standard InChI is InChI=1S/C19H20N4O2/c1-13(2)18(24)21-15-8-6-14(7-9-15)11-20-19(25)16-12-23-10-4-3-5-17(23)22-16/h3-10,12-13H,11H2,1-2H3,(H,20,25)(H,21,24). The van der Waals surface area contributed by atoms with E-state index in [4.69, 9.17) is 0 Å². The van der Waals surface area contributed by atoms with Crippen molar-refractivity contribution in [2.24, 2.45) is 5.92 Å². The van der Waals surface area contributed by atoms with Gasteiger partial charge in [-0.3, -0.25) is 9.59 Å². The molecule has 6 nitrogen and oxygen atoms in total. The molecule has 0 atom stereocenters. The first kappa shape index (κ1) is 16.7. The number of imidazole rings is 1. The minimum atomic E-state index is -0.221. The highest BCUT2D eigenvalue weighted by molar-refractivity contribution is 5.93. The van der Waals surface area contributed by atoms with Crippen LogP contribution in [0.4, 0.5) is 5.69 Å². The van der Waals surface area contributed by atoms with Crippen LogP contribution in [-0.4, -0.2) is 21.2 Å². The number of carbonyl (C=O) groups excluding carboxylic acids is 2. The summed E-state index contributed by atoms with van der Waals surface area (Å²) in [4.78, 5) is 28.2. The number of benzene rings is 1. The zero-order valence-corrected chi connectivity index (χ0v) is 14.2. The Kier molecular flexibility index (Phi) is 4.79. The van der Waals surface area contributed by atoms with Crippen molar-refractivity contribution in [3.8, 4) is 0 Å². The number of hydrogen-bond donors (Lipinski definition) is 2. The second-order valence-corrected chi connectivity index (χ2v) is 6.12. The highest BCUT2D eigenvalue weighted by atomic mass is 16.2. The van der Waals surface area contributed by atoms with Crippen LogP contribution in [0.3, 0.4) is 0 Å². The topological polar surface area (TPSA) is 75.5 Å². The second kappa shape index (κ2) is 7.17. The van der Waals surface area contributed by atoms with E-state index in [1.165, 1.54) is 0 Å². The van der Waals surface area contributed by atoms with Crippen molar-refractivity contribution in [1.82, 2.24) is 14.7 Å². The number of carbonyl (C=O) groups is 2. The number of pyridine rings is 1. The van der Waals surface area contributed by atoms with E-state index in [1.807, 2.05) is 62.5 Å². The average Bonchev–Trinajstić information content (AvgIpc) is 3.05. The van der Waals surface area contributed by atoms with Gasteiger partial charge in [-0.05, 0) is 29.8 Å². The molecule has 1 aromatic carbocycles. The maximum Gasteiger partial charge on any atom is 0.271 e. The second-order valence-electron chi connectivity index (χ2n) is 6.12. The highest BCUT2D eigenvalue weighted by Gasteiger charge is 2.10. The van der Waals surface area contributed by atoms with E-state index in [0.717, 1.165) is 16.9 Å². The fourth-order valence-corrected chi connectivity index (χ4v) is 2.31. The number of fused-ring (bicyclic) bond motifs is 1. The Bertz CT molecular complexity index is 864. The lowest BCUT2D eigenvalue weighted by molar-refractivity contribution is -0.118. The van der Waals surface area contributed by atoms with Crippen LogP contribution < -0.4 is 10.6 Å². The summed E-state index contributed by atoms with van der Waals surface area (Å²) in [5, 5.41) is 5.69. The first-order valence-corrected chi connectivity index (χ1v) is 8.14. The molecule has 0 bridgehead atoms. The van der Waals surface area contributed by atoms with Crippen molar-refractivity contribution in [2.45, 2.75) is 20.4 Å². The number of amides is 2. The number of hydrogen-bond acceptors (Lipinski definition) is 3. The predicted molar refractivity (Wildman–Crippen MR) is 96.3 cm³/mol. The molecule has 3 aromatic rings. The molecule has 6 heteroatoms. The smallest absolute Gasteiger partial charge is 0.271 e. The fraction of sp³-hybridized carbons (Fsp3) is 0.211. The number of nitrogens with one attached hydrogen (secondary N) is 2. The quantitative estimate of drug-likeness (QED) is 0.752. The fourth-order valence-electron chi connectivity index (χ4n) is 2.31. The van der Waals surface area contributed by atoms with E-state index in [2.05, 4.69) is 15.6 Å². The minimum absolute atomic E-state index is 0.0205. The summed E-state index contributed by atoms with van der Waals surface area (Å²) < 4.78 is 1.81. The van der Waals surface area contributed by atoms with Crippen molar-refractivity contribution in [3.63, 3.8) is 0 Å². The van der Waals surface area contributed by atoms with E-state index in [9.17, 15) is 9.59 Å². The third-order valence-electron chi connectivity index (χ3n) is 3.80. The van der Waals surface area contributed by atoms with E-state index >= 15 is 0 Å². The average molecular weight is 336 g/mol. The molecule has 0 aliphatic carbocycles. The molecule has 0 fully saturated rings. The van der Waals surface area contributed by atoms with Crippen molar-refractivity contribution < 1.29 is 9.59 Å². The van der Waals surface area contributed by atoms with Crippen molar-refractivity contribution >= 4 is 23.1 Å². The minimum Gasteiger partial charge on any atom is -0.347 e. The van der Waals surface area contributed by atoms with Crippen molar-refractivity contribution in [1.29, 1.82) is 0 Å². The maximum atomic E-state index is 12.2. The maximum absolute atomic E-state index is 12.2. The number of rotatable bonds is 5. The molecule has 2 N–H and O–H groups in total. The number of anilines is 1. The Labute approximate surface area is 145 Å². The highest BCUT2D eigenvalue weighted by Crippen LogP contribution is 2.11. The van der Waals surface area contributed by atoms with Crippen LogP contribution in [0, 0.1) is 5.92 Å². The predicted octanol–water partition coefficient (Wildman–Crippen LogP) is 2.86. The Hall–Kier alpha value is -3.15. The van der Waals surface area contributed by atoms with Gasteiger partial charge in [-0.2, -0.15) is 0 Å². The summed E-state index contributed by atoms with van der Waals surface area (Å²) in [6, 6.07) is 13.0. The lowest BCUT2D eigenvalue weighted by Gasteiger charge is -2.09. The molecular weight excluding hydrogens is 316 g/mol. The van der Waals surface area contributed by atoms with Gasteiger partial charge in [-0.1, -0.05) is 32.0 Å². The third-order valence-corrected chi connectivity index (χ3v) is 3.80. The van der Waals surface area contributed by atoms with Crippen LogP contribution in [0.2, 0.25) is 0 Å². The molecule has 25 heavy (non-hydrogen) atoms. The third kappa shape index (κ3) is 4.03. The number of aromatic nitrogens is 2. The van der Waals surface area contributed by atoms with Crippen LogP contribution in [0.5, 0.6) is 0 Å². The molecule has 0 saturated carbocycles. The van der Waals surface area contributed by atoms with Gasteiger partial charge in [0.1, 0.15) is 11.3 Å². The molecule has 2 aromatic heterocycles. The molecule has 0 saturated heterocycles. The summed E-state index contributed by atoms with van der Waals surface area (Å²) in [6.45, 7) is 4.09. The molecule has 128 valence electrons. The Balaban J connectivity index is 1.59. The zero-order valence-electron chi connectivity index (χ0n) is 14.2. The van der Waals surface area contributed by atoms with Gasteiger partial charge in [-0.25, -0.2) is 4.98 Å². The molecule has 0 aliphatic rings. The first-order chi connectivity index (χ1) is 12.0. The summed E-state index contributed by atoms with van der Waals surface area (Å²) in [6.07, 6.45) is 3.55. The van der Waals surface area contributed by atoms with Crippen LogP contribution in [-0.2, 0) is 11.3 Å². The first-order valence-electron chi connectivity index (χ1n) is 8.14. The SMILES string of the molecule is CC(C)C(=O)Nc1ccc(CNC(=O)c2cn3ccccc3n2)cc1. The lowest BCUT2D eigenvalue weighted by Crippen LogP contribution is -2.23. The molecule has 0 unspecified atom stereocenters. The van der Waals surface area contributed by atoms with Crippen LogP contribution in [0.25, 0.3) is 5.65 Å². The number of nitrogens with zero attached hydrogens (tertiary/aromatic N) is 2. The molecule has 2 heterocycles. The molecule has 3 rings (SSSR count). The summed E-state index contributed by atoms with van der Waals surface area (Å²) >= 11 is 0. The van der Waals surface area contributed by atoms with Gasteiger partial charge in [0.25, 0.3) is 5.91 Å². The molecule has 0 aliphatic heterocycles. The van der Waals surface area contributed by atoms with Crippen molar-refractivity contribution in [3.05, 3.63) is 66.1 Å². The lowest BCUT2D eigenvalue weighted by atomic mass is 10.1. The van der Waals surface area contributed by atoms with Gasteiger partial charge >= 0.3 is 0 Å². The van der Waals surface area contributed by atoms with Gasteiger partial charge in [-0.15, -0.1) is 0 Å². The summed E-state index contributed by atoms with van der Waals surface area (Å²) in [5.41, 5.74) is 2.80. The Morgan fingerprint density at radius 2 is 1.88 bits per heavy atom. The van der Waals surface area contributed by atoms with Crippen LogP contribution >= 0.6 is 0 Å². The van der Waals surface area contributed by atoms with Crippen molar-refractivity contribution in [2.75, 3.05) is 5.32 Å². The summed E-state index contributed by atoms with van der Waals surface area (Å²) in [5.74, 6) is -0.307. The Morgan fingerprint density at radius 3 is 2.56 bits per heavy atom. The molecule has 2 amide bonds. The van der Waals surface area contributed by atoms with E-state index in [1.54, 1.807) is 10.6 Å². The zero-order chi connectivity index (χ0) is 17.8. The van der Waals surface area contributed by atoms with Crippen LogP contribution in [0.1, 0.15) is 29.9 Å². The van der Waals surface area contributed by atoms with Gasteiger partial charge in [0, 0.05) is 30.5 Å². The van der Waals surface area contributed by atoms with Gasteiger partial charge < -0.3 is 15.0 Å².